The highest BCUT2D eigenvalue weighted by Gasteiger charge is 2.29. The molecule has 7 aromatic carbocycles. The molecular formula is C39H25N2PS. The number of hydrogen-bond donors (Lipinski definition) is 0. The lowest BCUT2D eigenvalue weighted by molar-refractivity contribution is 1.31. The number of rotatable bonds is 3. The van der Waals surface area contributed by atoms with Gasteiger partial charge < -0.3 is 0 Å². The maximum absolute atomic E-state index is 7.01. The summed E-state index contributed by atoms with van der Waals surface area (Å²) in [6, 6.07) is 51.9. The summed E-state index contributed by atoms with van der Waals surface area (Å²) < 4.78 is 2.33. The molecule has 0 aliphatic carbocycles. The molecule has 0 radical (unpaired) electrons. The first-order chi connectivity index (χ1) is 21.2. The van der Waals surface area contributed by atoms with Gasteiger partial charge in [-0.15, -0.1) is 0 Å². The summed E-state index contributed by atoms with van der Waals surface area (Å²) in [6.45, 7) is 0. The van der Waals surface area contributed by atoms with Crippen LogP contribution in [0.5, 0.6) is 0 Å². The van der Waals surface area contributed by atoms with Crippen LogP contribution >= 0.6 is 6.04 Å². The van der Waals surface area contributed by atoms with Crippen molar-refractivity contribution in [2.45, 2.75) is 0 Å². The van der Waals surface area contributed by atoms with Gasteiger partial charge in [0.25, 0.3) is 0 Å². The van der Waals surface area contributed by atoms with E-state index in [-0.39, 0.29) is 0 Å². The van der Waals surface area contributed by atoms with Crippen molar-refractivity contribution in [2.75, 3.05) is 0 Å². The average Bonchev–Trinajstić information content (AvgIpc) is 3.48. The third-order valence-electron chi connectivity index (χ3n) is 8.80. The van der Waals surface area contributed by atoms with Gasteiger partial charge in [0.15, 0.2) is 0 Å². The summed E-state index contributed by atoms with van der Waals surface area (Å²) in [5.41, 5.74) is 4.19. The van der Waals surface area contributed by atoms with Crippen molar-refractivity contribution >= 4 is 93.7 Å². The van der Waals surface area contributed by atoms with Crippen LogP contribution in [0.1, 0.15) is 0 Å². The molecule has 0 amide bonds. The molecule has 0 saturated carbocycles. The molecule has 0 bridgehead atoms. The van der Waals surface area contributed by atoms with Crippen molar-refractivity contribution in [3.63, 3.8) is 0 Å². The minimum atomic E-state index is -2.55. The predicted molar refractivity (Wildman–Crippen MR) is 189 cm³/mol. The molecule has 0 unspecified atom stereocenters. The van der Waals surface area contributed by atoms with Gasteiger partial charge in [-0.1, -0.05) is 139 Å². The fourth-order valence-corrected chi connectivity index (χ4v) is 10.7. The van der Waals surface area contributed by atoms with Gasteiger partial charge in [-0.05, 0) is 61.8 Å². The monoisotopic (exact) mass is 584 g/mol. The van der Waals surface area contributed by atoms with Crippen molar-refractivity contribution in [2.24, 2.45) is 0 Å². The van der Waals surface area contributed by atoms with Gasteiger partial charge in [0, 0.05) is 22.1 Å². The molecule has 0 fully saturated rings. The van der Waals surface area contributed by atoms with E-state index in [1.54, 1.807) is 0 Å². The zero-order valence-corrected chi connectivity index (χ0v) is 24.9. The molecule has 0 aliphatic rings. The van der Waals surface area contributed by atoms with Crippen LogP contribution in [0, 0.1) is 0 Å². The van der Waals surface area contributed by atoms with E-state index in [0.717, 1.165) is 32.9 Å². The number of benzene rings is 7. The number of nitrogens with zero attached hydrogens (tertiary/aromatic N) is 2. The van der Waals surface area contributed by atoms with E-state index in [1.807, 2.05) is 0 Å². The zero-order valence-electron chi connectivity index (χ0n) is 23.2. The van der Waals surface area contributed by atoms with E-state index in [2.05, 4.69) is 156 Å². The Labute approximate surface area is 253 Å². The largest absolute Gasteiger partial charge is 0.292 e. The van der Waals surface area contributed by atoms with E-state index < -0.39 is 6.04 Å². The molecule has 43 heavy (non-hydrogen) atoms. The van der Waals surface area contributed by atoms with Gasteiger partial charge in [-0.2, -0.15) is 0 Å². The van der Waals surface area contributed by atoms with Gasteiger partial charge in [-0.3, -0.25) is 4.40 Å². The summed E-state index contributed by atoms with van der Waals surface area (Å²) in [6.07, 6.45) is 0. The number of hydrogen-bond acceptors (Lipinski definition) is 2. The molecule has 0 saturated heterocycles. The fraction of sp³-hybridized carbons (Fsp3) is 0. The van der Waals surface area contributed by atoms with Crippen molar-refractivity contribution in [1.29, 1.82) is 0 Å². The maximum atomic E-state index is 7.01. The fourth-order valence-electron chi connectivity index (χ4n) is 6.74. The van der Waals surface area contributed by atoms with Gasteiger partial charge in [0.05, 0.1) is 16.6 Å². The van der Waals surface area contributed by atoms with E-state index in [1.165, 1.54) is 42.9 Å². The SMILES string of the molecule is S=P(c1ccc2ccccc2c1)(c1ccc2ccccc2c1)c1cccc2c1nc1c3ccccc3c3ccccc3n21. The Morgan fingerprint density at radius 1 is 0.465 bits per heavy atom. The van der Waals surface area contributed by atoms with Crippen LogP contribution < -0.4 is 15.9 Å². The van der Waals surface area contributed by atoms with Gasteiger partial charge in [0.2, 0.25) is 0 Å². The molecule has 4 heteroatoms. The Balaban J connectivity index is 1.43. The van der Waals surface area contributed by atoms with Crippen LogP contribution in [0.15, 0.2) is 152 Å². The van der Waals surface area contributed by atoms with Crippen molar-refractivity contribution in [1.82, 2.24) is 9.38 Å². The molecule has 2 heterocycles. The number of fused-ring (bicyclic) bond motifs is 10. The summed E-state index contributed by atoms with van der Waals surface area (Å²) in [5.74, 6) is 0. The molecule has 0 atom stereocenters. The summed E-state index contributed by atoms with van der Waals surface area (Å²) in [4.78, 5) is 5.46. The van der Waals surface area contributed by atoms with E-state index in [4.69, 9.17) is 16.8 Å². The van der Waals surface area contributed by atoms with Crippen LogP contribution in [0.25, 0.3) is 59.9 Å². The van der Waals surface area contributed by atoms with E-state index >= 15 is 0 Å². The van der Waals surface area contributed by atoms with Gasteiger partial charge >= 0.3 is 0 Å². The second kappa shape index (κ2) is 9.34. The van der Waals surface area contributed by atoms with Crippen molar-refractivity contribution in [3.8, 4) is 0 Å². The normalized spacial score (nSPS) is 12.3. The van der Waals surface area contributed by atoms with E-state index in [9.17, 15) is 0 Å². The Hall–Kier alpha value is -4.82. The van der Waals surface area contributed by atoms with Crippen LogP contribution in [0.2, 0.25) is 0 Å². The zero-order chi connectivity index (χ0) is 28.5. The highest BCUT2D eigenvalue weighted by atomic mass is 32.4. The number of pyridine rings is 1. The highest BCUT2D eigenvalue weighted by Crippen LogP contribution is 2.46. The first-order valence-corrected chi connectivity index (χ1v) is 17.3. The quantitative estimate of drug-likeness (QED) is 0.152. The topological polar surface area (TPSA) is 17.3 Å². The Kier molecular flexibility index (Phi) is 5.38. The van der Waals surface area contributed by atoms with Crippen LogP contribution in [-0.4, -0.2) is 9.38 Å². The first-order valence-electron chi connectivity index (χ1n) is 14.5. The van der Waals surface area contributed by atoms with Crippen molar-refractivity contribution in [3.05, 3.63) is 152 Å². The Morgan fingerprint density at radius 3 is 1.67 bits per heavy atom. The van der Waals surface area contributed by atoms with Crippen LogP contribution in [0.4, 0.5) is 0 Å². The predicted octanol–water partition coefficient (Wildman–Crippen LogP) is 8.86. The Bertz CT molecular complexity index is 2530. The molecule has 2 nitrogen and oxygen atoms in total. The van der Waals surface area contributed by atoms with E-state index in [0.29, 0.717) is 0 Å². The minimum absolute atomic E-state index is 0.968. The van der Waals surface area contributed by atoms with Gasteiger partial charge in [0.1, 0.15) is 5.65 Å². The lowest BCUT2D eigenvalue weighted by Crippen LogP contribution is -2.25. The van der Waals surface area contributed by atoms with Crippen LogP contribution in [-0.2, 0) is 11.8 Å². The summed E-state index contributed by atoms with van der Waals surface area (Å²) in [7, 11) is 0. The summed E-state index contributed by atoms with van der Waals surface area (Å²) >= 11 is 7.01. The number of imidazole rings is 1. The lowest BCUT2D eigenvalue weighted by atomic mass is 10.1. The smallest absolute Gasteiger partial charge is 0.146 e. The number of aromatic nitrogens is 2. The average molecular weight is 585 g/mol. The maximum Gasteiger partial charge on any atom is 0.146 e. The molecule has 2 aromatic heterocycles. The van der Waals surface area contributed by atoms with Gasteiger partial charge in [-0.25, -0.2) is 4.98 Å². The molecule has 9 rings (SSSR count). The third-order valence-corrected chi connectivity index (χ3v) is 13.7. The summed E-state index contributed by atoms with van der Waals surface area (Å²) in [5, 5.41) is 11.9. The molecule has 0 aliphatic heterocycles. The third kappa shape index (κ3) is 3.59. The van der Waals surface area contributed by atoms with Crippen molar-refractivity contribution < 1.29 is 0 Å². The number of para-hydroxylation sites is 2. The molecule has 9 aromatic rings. The molecule has 0 spiro atoms. The first kappa shape index (κ1) is 24.7. The highest BCUT2D eigenvalue weighted by molar-refractivity contribution is 8.25. The lowest BCUT2D eigenvalue weighted by Gasteiger charge is -2.25. The standard InChI is InChI=1S/C39H25N2PS/c43-42(30-22-20-26-10-1-3-12-28(26)24-30,31-23-21-27-11-2-4-13-29(27)25-31)37-19-9-18-36-38(37)40-39-34-16-6-5-14-32(34)33-15-7-8-17-35(33)41(36)39/h1-25H. The molecule has 0 N–H and O–H groups in total. The second-order valence-electron chi connectivity index (χ2n) is 11.2. The van der Waals surface area contributed by atoms with Crippen LogP contribution in [0.3, 0.4) is 0 Å². The Morgan fingerprint density at radius 2 is 1.00 bits per heavy atom. The minimum Gasteiger partial charge on any atom is -0.292 e. The molecular weight excluding hydrogens is 559 g/mol. The second-order valence-corrected chi connectivity index (χ2v) is 15.5. The molecule has 202 valence electrons.